The first-order valence-electron chi connectivity index (χ1n) is 12.8. The highest BCUT2D eigenvalue weighted by atomic mass is 35.5. The molecule has 0 spiro atoms. The third kappa shape index (κ3) is 6.23. The van der Waals surface area contributed by atoms with Gasteiger partial charge in [0.25, 0.3) is 11.5 Å². The minimum Gasteiger partial charge on any atom is -0.465 e. The molecular weight excluding hydrogens is 522 g/mol. The molecule has 206 valence electrons. The molecule has 1 aliphatic heterocycles. The molecule has 6 N–H and O–H groups in total. The van der Waals surface area contributed by atoms with E-state index in [4.69, 9.17) is 22.4 Å². The lowest BCUT2D eigenvalue weighted by Crippen LogP contribution is -2.49. The fourth-order valence-corrected chi connectivity index (χ4v) is 5.66. The molecule has 0 saturated carbocycles. The largest absolute Gasteiger partial charge is 0.465 e. The fourth-order valence-electron chi connectivity index (χ4n) is 5.38. The number of aromatic nitrogens is 2. The molecule has 1 aromatic heterocycles. The number of nitrogens with one attached hydrogen (secondary N) is 2. The highest BCUT2D eigenvalue weighted by molar-refractivity contribution is 6.33. The molecule has 3 aromatic rings. The van der Waals surface area contributed by atoms with Crippen LogP contribution in [0.25, 0.3) is 11.1 Å². The summed E-state index contributed by atoms with van der Waals surface area (Å²) in [6.45, 7) is 2.73. The summed E-state index contributed by atoms with van der Waals surface area (Å²) in [5.74, 6) is -0.988. The number of hydrogen-bond donors (Lipinski definition) is 5. The first kappa shape index (κ1) is 28.1. The Labute approximate surface area is 230 Å². The molecule has 39 heavy (non-hydrogen) atoms. The van der Waals surface area contributed by atoms with Gasteiger partial charge in [-0.25, -0.2) is 4.79 Å². The Morgan fingerprint density at radius 2 is 2.05 bits per heavy atom. The number of carbonyl (C=O) groups is 2. The van der Waals surface area contributed by atoms with Crippen LogP contribution >= 0.6 is 11.6 Å². The summed E-state index contributed by atoms with van der Waals surface area (Å²) in [7, 11) is 0. The van der Waals surface area contributed by atoms with Crippen molar-refractivity contribution in [1.29, 1.82) is 0 Å². The minimum absolute atomic E-state index is 0.0814. The average Bonchev–Trinajstić information content (AvgIpc) is 2.90. The van der Waals surface area contributed by atoms with Crippen molar-refractivity contribution in [2.45, 2.75) is 38.2 Å². The number of aromatic amines is 1. The van der Waals surface area contributed by atoms with Crippen LogP contribution in [0.1, 0.15) is 47.2 Å². The molecule has 0 unspecified atom stereocenters. The highest BCUT2D eigenvalue weighted by Gasteiger charge is 2.43. The molecule has 2 aromatic carbocycles. The molecule has 10 nitrogen and oxygen atoms in total. The number of carbonyl (C=O) groups excluding carboxylic acids is 1. The number of amides is 2. The Bertz CT molecular complexity index is 1430. The molecule has 1 fully saturated rings. The van der Waals surface area contributed by atoms with Gasteiger partial charge in [-0.15, -0.1) is 0 Å². The first-order chi connectivity index (χ1) is 18.6. The summed E-state index contributed by atoms with van der Waals surface area (Å²) in [6, 6.07) is 13.2. The smallest absolute Gasteiger partial charge is 0.404 e. The van der Waals surface area contributed by atoms with Gasteiger partial charge < -0.3 is 31.1 Å². The van der Waals surface area contributed by atoms with E-state index in [-0.39, 0.29) is 31.0 Å². The van der Waals surface area contributed by atoms with Gasteiger partial charge in [0.05, 0.1) is 5.60 Å². The number of nitrogens with zero attached hydrogens (tertiary/aromatic N) is 2. The van der Waals surface area contributed by atoms with Crippen molar-refractivity contribution in [2.24, 2.45) is 5.92 Å². The number of anilines is 1. The number of halogens is 1. The fraction of sp³-hybridized carbons (Fsp3) is 0.357. The summed E-state index contributed by atoms with van der Waals surface area (Å²) in [4.78, 5) is 44.5. The van der Waals surface area contributed by atoms with Crippen molar-refractivity contribution in [1.82, 2.24) is 20.2 Å². The van der Waals surface area contributed by atoms with Gasteiger partial charge in [0.2, 0.25) is 5.95 Å². The van der Waals surface area contributed by atoms with Gasteiger partial charge in [0.1, 0.15) is 5.56 Å². The van der Waals surface area contributed by atoms with Crippen molar-refractivity contribution in [3.8, 4) is 11.1 Å². The third-order valence-corrected chi connectivity index (χ3v) is 7.54. The lowest BCUT2D eigenvalue weighted by molar-refractivity contribution is -0.0563. The number of aryl methyl sites for hydroxylation is 1. The molecule has 2 atom stereocenters. The van der Waals surface area contributed by atoms with Gasteiger partial charge in [-0.3, -0.25) is 9.59 Å². The Morgan fingerprint density at radius 3 is 2.77 bits per heavy atom. The van der Waals surface area contributed by atoms with Crippen LogP contribution in [0.2, 0.25) is 5.02 Å². The van der Waals surface area contributed by atoms with E-state index in [1.165, 1.54) is 6.20 Å². The summed E-state index contributed by atoms with van der Waals surface area (Å²) >= 11 is 6.73. The number of rotatable bonds is 8. The van der Waals surface area contributed by atoms with Crippen molar-refractivity contribution < 1.29 is 19.8 Å². The van der Waals surface area contributed by atoms with E-state index in [0.29, 0.717) is 42.0 Å². The van der Waals surface area contributed by atoms with Gasteiger partial charge in [-0.05, 0) is 49.8 Å². The lowest BCUT2D eigenvalue weighted by atomic mass is 9.72. The van der Waals surface area contributed by atoms with Crippen LogP contribution in [0.15, 0.2) is 53.5 Å². The molecular formula is C28H32ClN5O5. The van der Waals surface area contributed by atoms with E-state index in [1.807, 2.05) is 37.3 Å². The van der Waals surface area contributed by atoms with Crippen molar-refractivity contribution >= 4 is 29.5 Å². The van der Waals surface area contributed by atoms with E-state index in [1.54, 1.807) is 17.0 Å². The summed E-state index contributed by atoms with van der Waals surface area (Å²) in [6.07, 6.45) is 1.92. The van der Waals surface area contributed by atoms with Crippen LogP contribution in [0.5, 0.6) is 0 Å². The number of aliphatic hydroxyl groups is 1. The number of piperidine rings is 1. The normalized spacial score (nSPS) is 16.9. The number of benzene rings is 2. The lowest BCUT2D eigenvalue weighted by Gasteiger charge is -2.43. The van der Waals surface area contributed by atoms with Crippen LogP contribution in [-0.2, 0) is 5.60 Å². The maximum atomic E-state index is 13.3. The molecule has 2 amide bonds. The highest BCUT2D eigenvalue weighted by Crippen LogP contribution is 2.45. The monoisotopic (exact) mass is 553 g/mol. The van der Waals surface area contributed by atoms with Gasteiger partial charge in [0, 0.05) is 42.3 Å². The number of H-pyrrole nitrogens is 1. The van der Waals surface area contributed by atoms with Crippen molar-refractivity contribution in [2.75, 3.05) is 25.4 Å². The maximum absolute atomic E-state index is 13.3. The summed E-state index contributed by atoms with van der Waals surface area (Å²) in [5, 5.41) is 24.4. The summed E-state index contributed by atoms with van der Waals surface area (Å²) < 4.78 is 0. The number of nitrogens with two attached hydrogens (primary N) is 1. The van der Waals surface area contributed by atoms with E-state index in [0.717, 1.165) is 11.1 Å². The first-order valence-corrected chi connectivity index (χ1v) is 13.2. The second kappa shape index (κ2) is 11.9. The van der Waals surface area contributed by atoms with Crippen LogP contribution in [0.4, 0.5) is 10.7 Å². The van der Waals surface area contributed by atoms with Gasteiger partial charge in [0.15, 0.2) is 0 Å². The molecule has 11 heteroatoms. The quantitative estimate of drug-likeness (QED) is 0.265. The molecule has 1 aliphatic rings. The van der Waals surface area contributed by atoms with E-state index >= 15 is 0 Å². The zero-order valence-corrected chi connectivity index (χ0v) is 22.4. The SMILES string of the molecule is Cc1cccc(-c2c(Cl)cccc2[C@](O)(CCCNC(=O)O)[C@@H]2CCCN(C(=O)c3c[nH]c(N)nc3=O)C2)c1. The number of nitrogen functional groups attached to an aromatic ring is 1. The van der Waals surface area contributed by atoms with E-state index in [9.17, 15) is 19.5 Å². The topological polar surface area (TPSA) is 162 Å². The number of hydrogen-bond acceptors (Lipinski definition) is 6. The van der Waals surface area contributed by atoms with Crippen LogP contribution in [0, 0.1) is 12.8 Å². The Kier molecular flexibility index (Phi) is 8.57. The third-order valence-electron chi connectivity index (χ3n) is 7.23. The predicted octanol–water partition coefficient (Wildman–Crippen LogP) is 3.77. The zero-order chi connectivity index (χ0) is 28.2. The van der Waals surface area contributed by atoms with Crippen LogP contribution in [-0.4, -0.2) is 56.7 Å². The average molecular weight is 554 g/mol. The van der Waals surface area contributed by atoms with Crippen molar-refractivity contribution in [3.05, 3.63) is 80.7 Å². The second-order valence-corrected chi connectivity index (χ2v) is 10.3. The molecule has 2 heterocycles. The van der Waals surface area contributed by atoms with E-state index in [2.05, 4.69) is 15.3 Å². The van der Waals surface area contributed by atoms with Gasteiger partial charge in [-0.2, -0.15) is 4.98 Å². The van der Waals surface area contributed by atoms with Crippen LogP contribution in [0.3, 0.4) is 0 Å². The molecule has 4 rings (SSSR count). The Morgan fingerprint density at radius 1 is 1.28 bits per heavy atom. The van der Waals surface area contributed by atoms with Crippen molar-refractivity contribution in [3.63, 3.8) is 0 Å². The summed E-state index contributed by atoms with van der Waals surface area (Å²) in [5.41, 5.74) is 6.43. The molecule has 0 aliphatic carbocycles. The Hall–Kier alpha value is -3.89. The molecule has 0 bridgehead atoms. The Balaban J connectivity index is 1.73. The van der Waals surface area contributed by atoms with Crippen LogP contribution < -0.4 is 16.6 Å². The predicted molar refractivity (Wildman–Crippen MR) is 149 cm³/mol. The maximum Gasteiger partial charge on any atom is 0.404 e. The zero-order valence-electron chi connectivity index (χ0n) is 21.6. The number of likely N-dealkylation sites (tertiary alicyclic amines) is 1. The standard InChI is InChI=1S/C28H32ClN5O5/c1-17-6-2-7-18(14-17)23-21(9-3-10-22(23)29)28(39,11-5-12-31-27(37)38)19-8-4-13-34(16-19)25(36)20-15-32-26(30)33-24(20)35/h2-3,6-7,9-10,14-15,19,31,39H,4-5,8,11-13,16H2,1H3,(H,37,38)(H3,30,32,33,35)/t19-,28+/m1/s1. The minimum atomic E-state index is -1.45. The number of carboxylic acid groups (broad SMARTS) is 1. The van der Waals surface area contributed by atoms with E-state index < -0.39 is 29.1 Å². The van der Waals surface area contributed by atoms with Gasteiger partial charge in [-0.1, -0.05) is 53.6 Å². The molecule has 0 radical (unpaired) electrons. The second-order valence-electron chi connectivity index (χ2n) is 9.89. The molecule has 1 saturated heterocycles. The van der Waals surface area contributed by atoms with Gasteiger partial charge >= 0.3 is 6.09 Å².